The minimum atomic E-state index is -3.48. The van der Waals surface area contributed by atoms with E-state index in [0.717, 1.165) is 4.74 Å². The van der Waals surface area contributed by atoms with E-state index in [4.69, 9.17) is 12.2 Å². The van der Waals surface area contributed by atoms with Gasteiger partial charge < -0.3 is 10.1 Å². The van der Waals surface area contributed by atoms with Crippen molar-refractivity contribution in [2.75, 3.05) is 14.1 Å². The van der Waals surface area contributed by atoms with Crippen LogP contribution in [0.25, 0.3) is 0 Å². The van der Waals surface area contributed by atoms with Crippen molar-refractivity contribution in [3.05, 3.63) is 35.0 Å². The Bertz CT molecular complexity index is 742. The summed E-state index contributed by atoms with van der Waals surface area (Å²) in [6.07, 6.45) is 1.04. The largest absolute Gasteiger partial charge is 0.622 e. The van der Waals surface area contributed by atoms with E-state index in [1.165, 1.54) is 37.2 Å². The molecule has 6 nitrogen and oxygen atoms in total. The summed E-state index contributed by atoms with van der Waals surface area (Å²) in [6.45, 7) is 3.94. The number of hydrogen-bond donors (Lipinski definition) is 1. The van der Waals surface area contributed by atoms with Crippen molar-refractivity contribution in [3.8, 4) is 0 Å². The van der Waals surface area contributed by atoms with Gasteiger partial charge in [-0.15, -0.1) is 0 Å². The van der Waals surface area contributed by atoms with Crippen LogP contribution in [0.5, 0.6) is 0 Å². The maximum atomic E-state index is 12.5. The molecule has 1 aromatic rings. The highest BCUT2D eigenvalue weighted by molar-refractivity contribution is 8.24. The van der Waals surface area contributed by atoms with Crippen LogP contribution in [0, 0.1) is 5.21 Å². The number of nitrogens with zero attached hydrogens (tertiary/aromatic N) is 2. The summed E-state index contributed by atoms with van der Waals surface area (Å²) in [7, 11) is -0.322. The molecule has 126 valence electrons. The first kappa shape index (κ1) is 18.2. The van der Waals surface area contributed by atoms with Gasteiger partial charge in [-0.25, -0.2) is 13.1 Å². The Morgan fingerprint density at radius 3 is 2.39 bits per heavy atom. The van der Waals surface area contributed by atoms with Gasteiger partial charge in [-0.2, -0.15) is 4.74 Å². The zero-order valence-corrected chi connectivity index (χ0v) is 15.8. The fraction of sp³-hybridized carbons (Fsp3) is 0.429. The molecule has 1 saturated heterocycles. The van der Waals surface area contributed by atoms with Crippen molar-refractivity contribution in [3.63, 3.8) is 0 Å². The predicted molar refractivity (Wildman–Crippen MR) is 97.3 cm³/mol. The van der Waals surface area contributed by atoms with E-state index >= 15 is 0 Å². The second-order valence-electron chi connectivity index (χ2n) is 5.72. The number of hydroxylamine groups is 1. The second kappa shape index (κ2) is 6.39. The molecule has 1 aliphatic rings. The van der Waals surface area contributed by atoms with E-state index in [1.807, 2.05) is 13.8 Å². The summed E-state index contributed by atoms with van der Waals surface area (Å²) < 4.78 is 26.9. The van der Waals surface area contributed by atoms with Crippen LogP contribution in [0.2, 0.25) is 0 Å². The summed E-state index contributed by atoms with van der Waals surface area (Å²) in [5.74, 6) is 0. The van der Waals surface area contributed by atoms with Crippen molar-refractivity contribution >= 4 is 44.5 Å². The molecule has 1 aromatic carbocycles. The maximum absolute atomic E-state index is 12.5. The van der Waals surface area contributed by atoms with E-state index in [2.05, 4.69) is 4.72 Å². The van der Waals surface area contributed by atoms with Crippen LogP contribution in [-0.2, 0) is 10.0 Å². The fourth-order valence-electron chi connectivity index (χ4n) is 2.46. The molecule has 1 atom stereocenters. The lowest BCUT2D eigenvalue weighted by atomic mass is 10.1. The van der Waals surface area contributed by atoms with E-state index in [1.54, 1.807) is 24.1 Å². The van der Waals surface area contributed by atoms with Crippen molar-refractivity contribution in [1.29, 1.82) is 0 Å². The minimum Gasteiger partial charge on any atom is -0.622 e. The fourth-order valence-corrected chi connectivity index (χ4v) is 5.00. The number of hydrogen-bond acceptors (Lipinski definition) is 5. The lowest BCUT2D eigenvalue weighted by Gasteiger charge is -2.27. The molecule has 1 unspecified atom stereocenters. The summed E-state index contributed by atoms with van der Waals surface area (Å²) in [5, 5.41) is 12.5. The molecule has 1 aliphatic heterocycles. The number of nitrogens with one attached hydrogen (secondary N) is 1. The number of sulfonamides is 1. The topological polar surface area (TPSA) is 75.5 Å². The molecule has 1 N–H and O–H groups in total. The minimum absolute atomic E-state index is 0.157. The van der Waals surface area contributed by atoms with Gasteiger partial charge in [-0.05, 0) is 45.2 Å². The van der Waals surface area contributed by atoms with Gasteiger partial charge in [0.25, 0.3) is 6.17 Å². The number of thioether (sulfide) groups is 1. The van der Waals surface area contributed by atoms with Crippen LogP contribution in [0.3, 0.4) is 0 Å². The standard InChI is InChI=1S/C14H19N3O3S3/c1-14(2)12(16(4)13(21)22-14)17(18)9-10-5-7-11(8-6-10)23(19,20)15-3/h5-9,12,15H,1-4H3/b17-9-. The lowest BCUT2D eigenvalue weighted by molar-refractivity contribution is -0.522. The number of benzene rings is 1. The lowest BCUT2D eigenvalue weighted by Crippen LogP contribution is -2.46. The Hall–Kier alpha value is -1.16. The Labute approximate surface area is 146 Å². The van der Waals surface area contributed by atoms with E-state index in [-0.39, 0.29) is 9.64 Å². The molecule has 0 saturated carbocycles. The highest BCUT2D eigenvalue weighted by atomic mass is 32.2. The Kier molecular flexibility index (Phi) is 5.05. The van der Waals surface area contributed by atoms with Crippen LogP contribution in [0.4, 0.5) is 0 Å². The normalized spacial score (nSPS) is 21.7. The van der Waals surface area contributed by atoms with E-state index < -0.39 is 16.2 Å². The molecule has 0 aromatic heterocycles. The van der Waals surface area contributed by atoms with Gasteiger partial charge in [-0.1, -0.05) is 24.0 Å². The molecule has 1 fully saturated rings. The van der Waals surface area contributed by atoms with Gasteiger partial charge in [0.1, 0.15) is 9.07 Å². The molecule has 0 bridgehead atoms. The van der Waals surface area contributed by atoms with Crippen molar-refractivity contribution in [1.82, 2.24) is 9.62 Å². The molecule has 9 heteroatoms. The molecule has 0 amide bonds. The highest BCUT2D eigenvalue weighted by Crippen LogP contribution is 2.40. The number of rotatable bonds is 4. The second-order valence-corrected chi connectivity index (χ2v) is 9.90. The average Bonchev–Trinajstić information content (AvgIpc) is 2.67. The first-order chi connectivity index (χ1) is 10.6. The summed E-state index contributed by atoms with van der Waals surface area (Å²) in [5.41, 5.74) is 0.627. The summed E-state index contributed by atoms with van der Waals surface area (Å²) >= 11 is 6.75. The van der Waals surface area contributed by atoms with Gasteiger partial charge in [0.05, 0.1) is 4.90 Å². The molecule has 2 rings (SSSR count). The number of thiocarbonyl (C=S) groups is 1. The van der Waals surface area contributed by atoms with Crippen LogP contribution >= 0.6 is 24.0 Å². The van der Waals surface area contributed by atoms with Crippen molar-refractivity contribution < 1.29 is 13.2 Å². The van der Waals surface area contributed by atoms with Crippen molar-refractivity contribution in [2.24, 2.45) is 0 Å². The third kappa shape index (κ3) is 3.68. The molecular formula is C14H19N3O3S3. The van der Waals surface area contributed by atoms with E-state index in [0.29, 0.717) is 9.88 Å². The maximum Gasteiger partial charge on any atom is 0.254 e. The van der Waals surface area contributed by atoms with Crippen LogP contribution in [0.15, 0.2) is 29.2 Å². The summed E-state index contributed by atoms with van der Waals surface area (Å²) in [4.78, 5) is 1.94. The Balaban J connectivity index is 2.30. The van der Waals surface area contributed by atoms with Gasteiger partial charge >= 0.3 is 0 Å². The molecule has 1 heterocycles. The predicted octanol–water partition coefficient (Wildman–Crippen LogP) is 1.59. The molecule has 0 radical (unpaired) electrons. The molecular weight excluding hydrogens is 354 g/mol. The quantitative estimate of drug-likeness (QED) is 0.284. The van der Waals surface area contributed by atoms with Gasteiger partial charge in [0.15, 0.2) is 6.21 Å². The zero-order valence-electron chi connectivity index (χ0n) is 13.3. The van der Waals surface area contributed by atoms with Crippen LogP contribution in [-0.4, -0.2) is 53.6 Å². The highest BCUT2D eigenvalue weighted by Gasteiger charge is 2.48. The van der Waals surface area contributed by atoms with Crippen LogP contribution < -0.4 is 4.72 Å². The van der Waals surface area contributed by atoms with E-state index in [9.17, 15) is 13.6 Å². The molecule has 23 heavy (non-hydrogen) atoms. The monoisotopic (exact) mass is 373 g/mol. The van der Waals surface area contributed by atoms with Gasteiger partial charge in [-0.3, -0.25) is 0 Å². The molecule has 0 aliphatic carbocycles. The van der Waals surface area contributed by atoms with Gasteiger partial charge in [0.2, 0.25) is 10.0 Å². The Morgan fingerprint density at radius 1 is 1.39 bits per heavy atom. The average molecular weight is 374 g/mol. The van der Waals surface area contributed by atoms with Gasteiger partial charge in [0, 0.05) is 12.6 Å². The van der Waals surface area contributed by atoms with Crippen LogP contribution in [0.1, 0.15) is 19.4 Å². The first-order valence-corrected chi connectivity index (χ1v) is 9.59. The first-order valence-electron chi connectivity index (χ1n) is 6.88. The SMILES string of the molecule is CNS(=O)(=O)c1ccc(/C=[N+](\[O-])C2N(C)C(=S)SC2(C)C)cc1. The van der Waals surface area contributed by atoms with Crippen molar-refractivity contribution in [2.45, 2.75) is 29.7 Å². The Morgan fingerprint density at radius 2 is 1.96 bits per heavy atom. The third-order valence-corrected chi connectivity index (χ3v) is 6.77. The molecule has 0 spiro atoms. The third-order valence-electron chi connectivity index (χ3n) is 3.60. The summed E-state index contributed by atoms with van der Waals surface area (Å²) in [6, 6.07) is 6.13. The smallest absolute Gasteiger partial charge is 0.254 e. The zero-order chi connectivity index (χ0) is 17.4.